The fraction of sp³-hybridized carbons (Fsp3) is 0.154. The van der Waals surface area contributed by atoms with Crippen LogP contribution in [0.25, 0.3) is 11.0 Å². The van der Waals surface area contributed by atoms with Crippen molar-refractivity contribution < 1.29 is 0 Å². The predicted molar refractivity (Wildman–Crippen MR) is 75.0 cm³/mol. The Bertz CT molecular complexity index is 733. The van der Waals surface area contributed by atoms with Gasteiger partial charge < -0.3 is 5.73 Å². The second kappa shape index (κ2) is 4.51. The van der Waals surface area contributed by atoms with Gasteiger partial charge in [0.15, 0.2) is 5.65 Å². The lowest BCUT2D eigenvalue weighted by Crippen LogP contribution is -2.04. The van der Waals surface area contributed by atoms with E-state index >= 15 is 0 Å². The number of aryl methyl sites for hydroxylation is 1. The van der Waals surface area contributed by atoms with Crippen LogP contribution in [0, 0.1) is 6.92 Å². The molecular formula is C13H12ClN5. The van der Waals surface area contributed by atoms with E-state index in [0.717, 1.165) is 21.6 Å². The summed E-state index contributed by atoms with van der Waals surface area (Å²) in [6.45, 7) is 2.44. The molecule has 3 aromatic rings. The van der Waals surface area contributed by atoms with E-state index in [-0.39, 0.29) is 0 Å². The van der Waals surface area contributed by atoms with Gasteiger partial charge >= 0.3 is 0 Å². The first-order chi connectivity index (χ1) is 9.13. The monoisotopic (exact) mass is 273 g/mol. The fourth-order valence-corrected chi connectivity index (χ4v) is 2.09. The smallest absolute Gasteiger partial charge is 0.163 e. The fourth-order valence-electron chi connectivity index (χ4n) is 1.97. The topological polar surface area (TPSA) is 69.6 Å². The highest BCUT2D eigenvalue weighted by atomic mass is 35.5. The Hall–Kier alpha value is -2.14. The van der Waals surface area contributed by atoms with E-state index in [1.807, 2.05) is 35.9 Å². The van der Waals surface area contributed by atoms with Gasteiger partial charge in [-0.1, -0.05) is 23.7 Å². The van der Waals surface area contributed by atoms with E-state index in [1.165, 1.54) is 0 Å². The maximum Gasteiger partial charge on any atom is 0.163 e. The molecule has 5 nitrogen and oxygen atoms in total. The van der Waals surface area contributed by atoms with Crippen LogP contribution in [0.3, 0.4) is 0 Å². The Morgan fingerprint density at radius 2 is 1.95 bits per heavy atom. The van der Waals surface area contributed by atoms with Gasteiger partial charge in [-0.3, -0.25) is 0 Å². The molecule has 0 spiro atoms. The van der Waals surface area contributed by atoms with Gasteiger partial charge in [0.1, 0.15) is 11.6 Å². The number of benzene rings is 1. The number of nitrogen functional groups attached to an aromatic ring is 1. The van der Waals surface area contributed by atoms with Gasteiger partial charge in [-0.25, -0.2) is 14.6 Å². The minimum Gasteiger partial charge on any atom is -0.383 e. The Kier molecular flexibility index (Phi) is 2.83. The molecule has 0 saturated heterocycles. The molecule has 0 aliphatic heterocycles. The zero-order valence-corrected chi connectivity index (χ0v) is 11.1. The van der Waals surface area contributed by atoms with E-state index < -0.39 is 0 Å². The summed E-state index contributed by atoms with van der Waals surface area (Å²) in [5, 5.41) is 5.81. The van der Waals surface area contributed by atoms with Crippen LogP contribution in [0.1, 0.15) is 11.4 Å². The highest BCUT2D eigenvalue weighted by molar-refractivity contribution is 6.30. The molecule has 2 aromatic heterocycles. The molecule has 2 N–H and O–H groups in total. The zero-order valence-electron chi connectivity index (χ0n) is 10.3. The van der Waals surface area contributed by atoms with Crippen LogP contribution in [0.4, 0.5) is 5.82 Å². The van der Waals surface area contributed by atoms with Crippen LogP contribution in [0.5, 0.6) is 0 Å². The highest BCUT2D eigenvalue weighted by Crippen LogP contribution is 2.18. The van der Waals surface area contributed by atoms with Gasteiger partial charge in [0, 0.05) is 5.02 Å². The third-order valence-corrected chi connectivity index (χ3v) is 3.14. The lowest BCUT2D eigenvalue weighted by atomic mass is 10.2. The summed E-state index contributed by atoms with van der Waals surface area (Å²) < 4.78 is 1.81. The Balaban J connectivity index is 2.03. The second-order valence-electron chi connectivity index (χ2n) is 4.32. The largest absolute Gasteiger partial charge is 0.383 e. The molecule has 2 heterocycles. The normalized spacial score (nSPS) is 11.1. The number of nitrogens with zero attached hydrogens (tertiary/aromatic N) is 4. The van der Waals surface area contributed by atoms with Crippen molar-refractivity contribution in [3.05, 3.63) is 46.9 Å². The first-order valence-electron chi connectivity index (χ1n) is 5.83. The van der Waals surface area contributed by atoms with Crippen LogP contribution in [0.15, 0.2) is 30.5 Å². The van der Waals surface area contributed by atoms with Crippen LogP contribution in [-0.2, 0) is 6.54 Å². The van der Waals surface area contributed by atoms with E-state index in [0.29, 0.717) is 18.2 Å². The van der Waals surface area contributed by atoms with Crippen molar-refractivity contribution in [2.75, 3.05) is 5.73 Å². The molecule has 0 bridgehead atoms. The average molecular weight is 274 g/mol. The van der Waals surface area contributed by atoms with Crippen molar-refractivity contribution in [1.29, 1.82) is 0 Å². The van der Waals surface area contributed by atoms with Crippen LogP contribution in [-0.4, -0.2) is 19.7 Å². The third kappa shape index (κ3) is 2.24. The molecule has 96 valence electrons. The van der Waals surface area contributed by atoms with Crippen molar-refractivity contribution >= 4 is 28.5 Å². The summed E-state index contributed by atoms with van der Waals surface area (Å²) >= 11 is 5.87. The second-order valence-corrected chi connectivity index (χ2v) is 4.76. The number of fused-ring (bicyclic) bond motifs is 1. The molecular weight excluding hydrogens is 262 g/mol. The van der Waals surface area contributed by atoms with Gasteiger partial charge in [-0.05, 0) is 24.6 Å². The number of halogens is 1. The van der Waals surface area contributed by atoms with Crippen LogP contribution >= 0.6 is 11.6 Å². The Morgan fingerprint density at radius 3 is 2.68 bits per heavy atom. The van der Waals surface area contributed by atoms with E-state index in [1.54, 1.807) is 6.20 Å². The number of hydrogen-bond donors (Lipinski definition) is 1. The van der Waals surface area contributed by atoms with E-state index in [4.69, 9.17) is 17.3 Å². The lowest BCUT2D eigenvalue weighted by Gasteiger charge is -2.04. The van der Waals surface area contributed by atoms with Crippen molar-refractivity contribution in [3.63, 3.8) is 0 Å². The summed E-state index contributed by atoms with van der Waals surface area (Å²) in [6, 6.07) is 7.65. The molecule has 0 radical (unpaired) electrons. The van der Waals surface area contributed by atoms with Gasteiger partial charge in [-0.2, -0.15) is 5.10 Å². The first kappa shape index (κ1) is 11.9. The maximum atomic E-state index is 5.87. The molecule has 0 aliphatic rings. The minimum absolute atomic E-state index is 0.463. The van der Waals surface area contributed by atoms with Crippen molar-refractivity contribution in [1.82, 2.24) is 19.7 Å². The quantitative estimate of drug-likeness (QED) is 0.778. The van der Waals surface area contributed by atoms with Crippen molar-refractivity contribution in [3.8, 4) is 0 Å². The van der Waals surface area contributed by atoms with Gasteiger partial charge in [0.2, 0.25) is 0 Å². The molecule has 0 aliphatic carbocycles. The lowest BCUT2D eigenvalue weighted by molar-refractivity contribution is 0.702. The molecule has 0 unspecified atom stereocenters. The highest BCUT2D eigenvalue weighted by Gasteiger charge is 2.09. The molecule has 19 heavy (non-hydrogen) atoms. The number of nitrogens with two attached hydrogens (primary N) is 1. The molecule has 0 fully saturated rings. The van der Waals surface area contributed by atoms with Crippen molar-refractivity contribution in [2.24, 2.45) is 0 Å². The predicted octanol–water partition coefficient (Wildman–Crippen LogP) is 2.42. The first-order valence-corrected chi connectivity index (χ1v) is 6.21. The van der Waals surface area contributed by atoms with Crippen LogP contribution in [0.2, 0.25) is 5.02 Å². The summed E-state index contributed by atoms with van der Waals surface area (Å²) in [5.74, 6) is 1.10. The van der Waals surface area contributed by atoms with Gasteiger partial charge in [0.25, 0.3) is 0 Å². The molecule has 6 heteroatoms. The summed E-state index contributed by atoms with van der Waals surface area (Å²) in [6.07, 6.45) is 1.69. The summed E-state index contributed by atoms with van der Waals surface area (Å²) in [4.78, 5) is 8.52. The van der Waals surface area contributed by atoms with Gasteiger partial charge in [0.05, 0.1) is 18.1 Å². The number of hydrogen-bond acceptors (Lipinski definition) is 4. The summed E-state index contributed by atoms with van der Waals surface area (Å²) in [5.41, 5.74) is 7.71. The number of anilines is 1. The zero-order chi connectivity index (χ0) is 13.4. The maximum absolute atomic E-state index is 5.87. The van der Waals surface area contributed by atoms with E-state index in [9.17, 15) is 0 Å². The van der Waals surface area contributed by atoms with Gasteiger partial charge in [-0.15, -0.1) is 0 Å². The van der Waals surface area contributed by atoms with E-state index in [2.05, 4.69) is 15.1 Å². The average Bonchev–Trinajstić information content (AvgIpc) is 2.76. The van der Waals surface area contributed by atoms with Crippen LogP contribution < -0.4 is 5.73 Å². The molecule has 0 amide bonds. The van der Waals surface area contributed by atoms with Crippen molar-refractivity contribution in [2.45, 2.75) is 13.5 Å². The molecule has 0 saturated carbocycles. The molecule has 3 rings (SSSR count). The summed E-state index contributed by atoms with van der Waals surface area (Å²) in [7, 11) is 0. The standard InChI is InChI=1S/C13H12ClN5/c1-8-17-12(15)11-6-16-19(13(11)18-8)7-9-2-4-10(14)5-3-9/h2-6H,7H2,1H3,(H2,15,17,18). The Morgan fingerprint density at radius 1 is 1.21 bits per heavy atom. The number of rotatable bonds is 2. The molecule has 1 aromatic carbocycles. The third-order valence-electron chi connectivity index (χ3n) is 2.88. The SMILES string of the molecule is Cc1nc(N)c2cnn(Cc3ccc(Cl)cc3)c2n1. The Labute approximate surface area is 115 Å². The number of aromatic nitrogens is 4. The minimum atomic E-state index is 0.463. The molecule has 0 atom stereocenters.